The SMILES string of the molecule is CCOc1ccccc1O[C@@H]1CCCN(c2cncc(NC(=O)CCc3ccc(C(=O)OC)c(F)c3)n2)C1. The molecule has 0 unspecified atom stereocenters. The molecule has 1 aliphatic rings. The van der Waals surface area contributed by atoms with Gasteiger partial charge in [0.25, 0.3) is 0 Å². The van der Waals surface area contributed by atoms with Crippen LogP contribution in [0.2, 0.25) is 0 Å². The number of halogens is 1. The molecular weight excluding hydrogens is 491 g/mol. The summed E-state index contributed by atoms with van der Waals surface area (Å²) in [5.41, 5.74) is 0.451. The van der Waals surface area contributed by atoms with Gasteiger partial charge in [0, 0.05) is 13.0 Å². The van der Waals surface area contributed by atoms with Gasteiger partial charge < -0.3 is 24.4 Å². The van der Waals surface area contributed by atoms with E-state index < -0.39 is 11.8 Å². The number of amides is 1. The van der Waals surface area contributed by atoms with E-state index >= 15 is 0 Å². The van der Waals surface area contributed by atoms with Crippen LogP contribution in [0, 0.1) is 5.82 Å². The van der Waals surface area contributed by atoms with Gasteiger partial charge in [-0.05, 0) is 56.0 Å². The van der Waals surface area contributed by atoms with Gasteiger partial charge in [0.2, 0.25) is 5.91 Å². The summed E-state index contributed by atoms with van der Waals surface area (Å²) in [5.74, 6) is 0.720. The van der Waals surface area contributed by atoms with Crippen LogP contribution in [0.25, 0.3) is 0 Å². The maximum absolute atomic E-state index is 14.1. The molecule has 200 valence electrons. The number of nitrogens with zero attached hydrogens (tertiary/aromatic N) is 3. The van der Waals surface area contributed by atoms with Crippen LogP contribution in [0.4, 0.5) is 16.0 Å². The van der Waals surface area contributed by atoms with Crippen LogP contribution < -0.4 is 19.7 Å². The normalized spacial score (nSPS) is 15.0. The second kappa shape index (κ2) is 12.8. The number of methoxy groups -OCH3 is 1. The van der Waals surface area contributed by atoms with Crippen molar-refractivity contribution in [2.45, 2.75) is 38.7 Å². The van der Waals surface area contributed by atoms with E-state index in [1.54, 1.807) is 12.3 Å². The van der Waals surface area contributed by atoms with Crippen LogP contribution in [-0.2, 0) is 16.0 Å². The molecule has 2 aromatic carbocycles. The van der Waals surface area contributed by atoms with Gasteiger partial charge in [0.1, 0.15) is 17.7 Å². The number of hydrogen-bond acceptors (Lipinski definition) is 8. The average Bonchev–Trinajstić information content (AvgIpc) is 2.93. The third kappa shape index (κ3) is 6.96. The number of aryl methyl sites for hydroxylation is 1. The lowest BCUT2D eigenvalue weighted by Gasteiger charge is -2.33. The molecule has 0 spiro atoms. The number of piperidine rings is 1. The number of para-hydroxylation sites is 2. The number of carbonyl (C=O) groups is 2. The lowest BCUT2D eigenvalue weighted by Crippen LogP contribution is -2.41. The monoisotopic (exact) mass is 522 g/mol. The molecule has 9 nitrogen and oxygen atoms in total. The zero-order chi connectivity index (χ0) is 26.9. The Morgan fingerprint density at radius 2 is 1.97 bits per heavy atom. The minimum atomic E-state index is -0.743. The van der Waals surface area contributed by atoms with Gasteiger partial charge in [0.15, 0.2) is 17.3 Å². The average molecular weight is 523 g/mol. The lowest BCUT2D eigenvalue weighted by atomic mass is 10.1. The number of nitrogens with one attached hydrogen (secondary N) is 1. The van der Waals surface area contributed by atoms with Gasteiger partial charge >= 0.3 is 5.97 Å². The predicted octanol–water partition coefficient (Wildman–Crippen LogP) is 4.42. The van der Waals surface area contributed by atoms with Gasteiger partial charge in [-0.25, -0.2) is 14.2 Å². The second-order valence-corrected chi connectivity index (χ2v) is 8.82. The van der Waals surface area contributed by atoms with E-state index in [4.69, 9.17) is 9.47 Å². The molecule has 0 bridgehead atoms. The number of anilines is 2. The first-order valence-corrected chi connectivity index (χ1v) is 12.6. The van der Waals surface area contributed by atoms with Crippen molar-refractivity contribution in [3.63, 3.8) is 0 Å². The fourth-order valence-corrected chi connectivity index (χ4v) is 4.27. The topological polar surface area (TPSA) is 103 Å². The van der Waals surface area contributed by atoms with E-state index in [1.165, 1.54) is 25.4 Å². The standard InChI is InChI=1S/C28H31FN4O5/c1-3-37-23-8-4-5-9-24(23)38-20-7-6-14-33(18-20)26-17-30-16-25(31-26)32-27(34)13-11-19-10-12-21(22(29)15-19)28(35)36-2/h4-5,8-10,12,15-17,20H,3,6-7,11,13-14,18H2,1-2H3,(H,31,32,34)/t20-/m1/s1. The van der Waals surface area contributed by atoms with E-state index in [1.807, 2.05) is 31.2 Å². The Morgan fingerprint density at radius 1 is 1.16 bits per heavy atom. The van der Waals surface area contributed by atoms with Gasteiger partial charge in [0.05, 0.1) is 38.2 Å². The van der Waals surface area contributed by atoms with Gasteiger partial charge in [-0.15, -0.1) is 0 Å². The number of benzene rings is 2. The molecule has 1 N–H and O–H groups in total. The Balaban J connectivity index is 1.33. The highest BCUT2D eigenvalue weighted by Crippen LogP contribution is 2.30. The van der Waals surface area contributed by atoms with Crippen LogP contribution in [0.3, 0.4) is 0 Å². The summed E-state index contributed by atoms with van der Waals surface area (Å²) in [6.07, 6.45) is 5.34. The summed E-state index contributed by atoms with van der Waals surface area (Å²) < 4.78 is 30.6. The summed E-state index contributed by atoms with van der Waals surface area (Å²) in [7, 11) is 1.19. The summed E-state index contributed by atoms with van der Waals surface area (Å²) >= 11 is 0. The van der Waals surface area contributed by atoms with Gasteiger partial charge in [-0.1, -0.05) is 18.2 Å². The Hall–Kier alpha value is -4.21. The first-order valence-electron chi connectivity index (χ1n) is 12.6. The molecule has 1 aliphatic heterocycles. The van der Waals surface area contributed by atoms with E-state index in [-0.39, 0.29) is 24.0 Å². The molecule has 0 aliphatic carbocycles. The molecule has 0 saturated carbocycles. The molecule has 1 saturated heterocycles. The van der Waals surface area contributed by atoms with Crippen molar-refractivity contribution >= 4 is 23.5 Å². The molecule has 4 rings (SSSR count). The van der Waals surface area contributed by atoms with Crippen LogP contribution in [0.15, 0.2) is 54.9 Å². The first-order chi connectivity index (χ1) is 18.5. The largest absolute Gasteiger partial charge is 0.490 e. The third-order valence-corrected chi connectivity index (χ3v) is 6.11. The van der Waals surface area contributed by atoms with Crippen LogP contribution in [-0.4, -0.2) is 54.8 Å². The molecule has 3 aromatic rings. The van der Waals surface area contributed by atoms with Crippen LogP contribution in [0.5, 0.6) is 11.5 Å². The van der Waals surface area contributed by atoms with Crippen molar-refractivity contribution in [1.82, 2.24) is 9.97 Å². The predicted molar refractivity (Wildman–Crippen MR) is 140 cm³/mol. The van der Waals surface area contributed by atoms with E-state index in [0.717, 1.165) is 25.1 Å². The van der Waals surface area contributed by atoms with E-state index in [0.29, 0.717) is 42.5 Å². The molecule has 1 fully saturated rings. The highest BCUT2D eigenvalue weighted by Gasteiger charge is 2.24. The van der Waals surface area contributed by atoms with Crippen molar-refractivity contribution < 1.29 is 28.2 Å². The molecule has 2 heterocycles. The zero-order valence-corrected chi connectivity index (χ0v) is 21.5. The summed E-state index contributed by atoms with van der Waals surface area (Å²) in [5, 5.41) is 2.76. The number of hydrogen-bond donors (Lipinski definition) is 1. The highest BCUT2D eigenvalue weighted by atomic mass is 19.1. The molecular formula is C28H31FN4O5. The Morgan fingerprint density at radius 3 is 2.74 bits per heavy atom. The van der Waals surface area contributed by atoms with Crippen LogP contribution in [0.1, 0.15) is 42.1 Å². The maximum atomic E-state index is 14.1. The minimum absolute atomic E-state index is 0.0450. The van der Waals surface area contributed by atoms with E-state index in [2.05, 4.69) is 24.9 Å². The fourth-order valence-electron chi connectivity index (χ4n) is 4.27. The molecule has 1 atom stereocenters. The number of rotatable bonds is 10. The number of carbonyl (C=O) groups excluding carboxylic acids is 2. The first kappa shape index (κ1) is 26.8. The molecule has 0 radical (unpaired) electrons. The number of esters is 1. The van der Waals surface area contributed by atoms with Gasteiger partial charge in [-0.3, -0.25) is 9.78 Å². The quantitative estimate of drug-likeness (QED) is 0.391. The second-order valence-electron chi connectivity index (χ2n) is 8.82. The minimum Gasteiger partial charge on any atom is -0.490 e. The number of ether oxygens (including phenoxy) is 3. The highest BCUT2D eigenvalue weighted by molar-refractivity contribution is 5.90. The third-order valence-electron chi connectivity index (χ3n) is 6.11. The van der Waals surface area contributed by atoms with Gasteiger partial charge in [-0.2, -0.15) is 0 Å². The van der Waals surface area contributed by atoms with Crippen molar-refractivity contribution in [2.75, 3.05) is 37.0 Å². The molecule has 1 amide bonds. The van der Waals surface area contributed by atoms with Crippen molar-refractivity contribution in [3.8, 4) is 11.5 Å². The molecule has 10 heteroatoms. The fraction of sp³-hybridized carbons (Fsp3) is 0.357. The van der Waals surface area contributed by atoms with Crippen LogP contribution >= 0.6 is 0 Å². The van der Waals surface area contributed by atoms with E-state index in [9.17, 15) is 14.0 Å². The summed E-state index contributed by atoms with van der Waals surface area (Å²) in [6, 6.07) is 11.8. The maximum Gasteiger partial charge on any atom is 0.340 e. The van der Waals surface area contributed by atoms with Crippen molar-refractivity contribution in [3.05, 3.63) is 71.8 Å². The number of aromatic nitrogens is 2. The lowest BCUT2D eigenvalue weighted by molar-refractivity contribution is -0.116. The molecule has 38 heavy (non-hydrogen) atoms. The Kier molecular flexibility index (Phi) is 9.07. The molecule has 1 aromatic heterocycles. The van der Waals surface area contributed by atoms with Crippen molar-refractivity contribution in [2.24, 2.45) is 0 Å². The smallest absolute Gasteiger partial charge is 0.340 e. The Bertz CT molecular complexity index is 1270. The summed E-state index contributed by atoms with van der Waals surface area (Å²) in [6.45, 7) is 3.92. The van der Waals surface area contributed by atoms with Crippen molar-refractivity contribution in [1.29, 1.82) is 0 Å². The zero-order valence-electron chi connectivity index (χ0n) is 21.5. The Labute approximate surface area is 220 Å². The summed E-state index contributed by atoms with van der Waals surface area (Å²) in [4.78, 5) is 35.0.